The van der Waals surface area contributed by atoms with Gasteiger partial charge in [-0.05, 0) is 80.0 Å². The first-order valence-corrected chi connectivity index (χ1v) is 13.7. The van der Waals surface area contributed by atoms with Gasteiger partial charge in [0, 0.05) is 44.8 Å². The average Bonchev–Trinajstić information content (AvgIpc) is 3.43. The Morgan fingerprint density at radius 2 is 1.62 bits per heavy atom. The highest BCUT2D eigenvalue weighted by Crippen LogP contribution is 2.27. The van der Waals surface area contributed by atoms with E-state index in [0.29, 0.717) is 31.8 Å². The molecule has 184 valence electrons. The van der Waals surface area contributed by atoms with Gasteiger partial charge in [-0.2, -0.15) is 4.31 Å². The van der Waals surface area contributed by atoms with Crippen molar-refractivity contribution in [2.24, 2.45) is 0 Å². The summed E-state index contributed by atoms with van der Waals surface area (Å²) in [6.45, 7) is 3.82. The molecule has 4 rings (SSSR count). The maximum absolute atomic E-state index is 12.9. The van der Waals surface area contributed by atoms with Gasteiger partial charge < -0.3 is 15.0 Å². The van der Waals surface area contributed by atoms with E-state index in [-0.39, 0.29) is 17.2 Å². The van der Waals surface area contributed by atoms with Crippen LogP contribution < -0.4 is 15.0 Å². The quantitative estimate of drug-likeness (QED) is 0.586. The Balaban J connectivity index is 1.32. The van der Waals surface area contributed by atoms with Gasteiger partial charge in [0.25, 0.3) is 0 Å². The topological polar surface area (TPSA) is 79.0 Å². The molecule has 2 fully saturated rings. The zero-order valence-corrected chi connectivity index (χ0v) is 20.8. The molecule has 2 heterocycles. The van der Waals surface area contributed by atoms with Gasteiger partial charge >= 0.3 is 0 Å². The Labute approximate surface area is 203 Å². The molecule has 0 radical (unpaired) electrons. The Kier molecular flexibility index (Phi) is 8.11. The van der Waals surface area contributed by atoms with Gasteiger partial charge in [-0.3, -0.25) is 4.79 Å². The lowest BCUT2D eigenvalue weighted by atomic mass is 10.1. The summed E-state index contributed by atoms with van der Waals surface area (Å²) in [5.41, 5.74) is 3.03. The van der Waals surface area contributed by atoms with E-state index in [1.807, 2.05) is 0 Å². The standard InChI is InChI=1S/C26H35N3O4S/c1-33-25-13-12-24(34(31,32)29-17-5-6-18-29)19-22(25)9-14-26(30)27-20-21-7-10-23(11-8-21)28-15-3-2-4-16-28/h7-8,10-13,19H,2-6,9,14-18,20H2,1H3,(H,27,30). The van der Waals surface area contributed by atoms with E-state index in [9.17, 15) is 13.2 Å². The fourth-order valence-electron chi connectivity index (χ4n) is 4.70. The number of sulfonamides is 1. The van der Waals surface area contributed by atoms with Gasteiger partial charge in [0.05, 0.1) is 12.0 Å². The Morgan fingerprint density at radius 1 is 0.941 bits per heavy atom. The van der Waals surface area contributed by atoms with Crippen LogP contribution in [0.1, 0.15) is 49.7 Å². The summed E-state index contributed by atoms with van der Waals surface area (Å²) in [7, 11) is -1.95. The number of ether oxygens (including phenoxy) is 1. The first-order valence-electron chi connectivity index (χ1n) is 12.2. The van der Waals surface area contributed by atoms with Crippen molar-refractivity contribution in [3.8, 4) is 5.75 Å². The summed E-state index contributed by atoms with van der Waals surface area (Å²) >= 11 is 0. The van der Waals surface area contributed by atoms with Gasteiger partial charge in [-0.15, -0.1) is 0 Å². The molecule has 0 saturated carbocycles. The summed E-state index contributed by atoms with van der Waals surface area (Å²) in [5.74, 6) is 0.524. The van der Waals surface area contributed by atoms with Crippen LogP contribution in [0.2, 0.25) is 0 Å². The summed E-state index contributed by atoms with van der Waals surface area (Å²) in [6, 6.07) is 13.3. The molecule has 0 bridgehead atoms. The minimum Gasteiger partial charge on any atom is -0.496 e. The van der Waals surface area contributed by atoms with Gasteiger partial charge in [0.1, 0.15) is 5.75 Å². The van der Waals surface area contributed by atoms with Crippen molar-refractivity contribution in [3.63, 3.8) is 0 Å². The van der Waals surface area contributed by atoms with Gasteiger partial charge in [-0.25, -0.2) is 8.42 Å². The lowest BCUT2D eigenvalue weighted by Gasteiger charge is -2.28. The molecular weight excluding hydrogens is 450 g/mol. The number of nitrogens with zero attached hydrogens (tertiary/aromatic N) is 2. The number of amides is 1. The molecule has 0 unspecified atom stereocenters. The van der Waals surface area contributed by atoms with Crippen LogP contribution >= 0.6 is 0 Å². The van der Waals surface area contributed by atoms with Crippen LogP contribution in [-0.4, -0.2) is 51.9 Å². The summed E-state index contributed by atoms with van der Waals surface area (Å²) in [6.07, 6.45) is 6.25. The predicted molar refractivity (Wildman–Crippen MR) is 134 cm³/mol. The Hall–Kier alpha value is -2.58. The van der Waals surface area contributed by atoms with E-state index in [2.05, 4.69) is 34.5 Å². The SMILES string of the molecule is COc1ccc(S(=O)(=O)N2CCCC2)cc1CCC(=O)NCc1ccc(N2CCCCC2)cc1. The van der Waals surface area contributed by atoms with Crippen LogP contribution in [0.15, 0.2) is 47.4 Å². The van der Waals surface area contributed by atoms with E-state index in [1.54, 1.807) is 25.3 Å². The van der Waals surface area contributed by atoms with Crippen molar-refractivity contribution in [3.05, 3.63) is 53.6 Å². The van der Waals surface area contributed by atoms with Crippen LogP contribution in [0, 0.1) is 0 Å². The molecule has 2 aromatic carbocycles. The number of rotatable bonds is 9. The normalized spacial score (nSPS) is 17.0. The monoisotopic (exact) mass is 485 g/mol. The van der Waals surface area contributed by atoms with Crippen LogP contribution in [-0.2, 0) is 27.8 Å². The minimum atomic E-state index is -3.51. The number of hydrogen-bond acceptors (Lipinski definition) is 5. The van der Waals surface area contributed by atoms with Crippen molar-refractivity contribution in [1.29, 1.82) is 0 Å². The zero-order valence-electron chi connectivity index (χ0n) is 20.0. The molecule has 0 spiro atoms. The summed E-state index contributed by atoms with van der Waals surface area (Å²) < 4.78 is 32.8. The summed E-state index contributed by atoms with van der Waals surface area (Å²) in [5, 5.41) is 2.98. The minimum absolute atomic E-state index is 0.0741. The maximum Gasteiger partial charge on any atom is 0.243 e. The number of carbonyl (C=O) groups is 1. The van der Waals surface area contributed by atoms with Crippen molar-refractivity contribution in [2.75, 3.05) is 38.2 Å². The van der Waals surface area contributed by atoms with Gasteiger partial charge in [0.15, 0.2) is 0 Å². The van der Waals surface area contributed by atoms with Crippen molar-refractivity contribution >= 4 is 21.6 Å². The molecule has 1 amide bonds. The van der Waals surface area contributed by atoms with E-state index in [0.717, 1.165) is 37.1 Å². The maximum atomic E-state index is 12.9. The van der Waals surface area contributed by atoms with E-state index < -0.39 is 10.0 Å². The van der Waals surface area contributed by atoms with Crippen molar-refractivity contribution in [1.82, 2.24) is 9.62 Å². The number of carbonyl (C=O) groups excluding carboxylic acids is 1. The molecule has 2 saturated heterocycles. The Morgan fingerprint density at radius 3 is 2.29 bits per heavy atom. The van der Waals surface area contributed by atoms with Gasteiger partial charge in [-0.1, -0.05) is 12.1 Å². The molecule has 2 aliphatic rings. The second-order valence-electron chi connectivity index (χ2n) is 9.08. The third-order valence-electron chi connectivity index (χ3n) is 6.72. The molecule has 2 aromatic rings. The molecule has 0 aromatic heterocycles. The highest BCUT2D eigenvalue weighted by Gasteiger charge is 2.27. The van der Waals surface area contributed by atoms with E-state index in [1.165, 1.54) is 29.3 Å². The number of benzene rings is 2. The first kappa shape index (κ1) is 24.5. The zero-order chi connectivity index (χ0) is 24.0. The molecule has 2 aliphatic heterocycles. The number of hydrogen-bond donors (Lipinski definition) is 1. The van der Waals surface area contributed by atoms with E-state index in [4.69, 9.17) is 4.74 Å². The number of anilines is 1. The highest BCUT2D eigenvalue weighted by atomic mass is 32.2. The molecule has 8 heteroatoms. The number of methoxy groups -OCH3 is 1. The van der Waals surface area contributed by atoms with Crippen LogP contribution in [0.3, 0.4) is 0 Å². The lowest BCUT2D eigenvalue weighted by molar-refractivity contribution is -0.121. The lowest BCUT2D eigenvalue weighted by Crippen LogP contribution is -2.29. The second kappa shape index (κ2) is 11.2. The smallest absolute Gasteiger partial charge is 0.243 e. The average molecular weight is 486 g/mol. The summed E-state index contributed by atoms with van der Waals surface area (Å²) in [4.78, 5) is 15.2. The molecule has 1 N–H and O–H groups in total. The Bertz CT molecular complexity index is 1070. The van der Waals surface area contributed by atoms with Crippen molar-refractivity contribution in [2.45, 2.75) is 56.4 Å². The predicted octanol–water partition coefficient (Wildman–Crippen LogP) is 3.72. The van der Waals surface area contributed by atoms with Crippen LogP contribution in [0.4, 0.5) is 5.69 Å². The van der Waals surface area contributed by atoms with E-state index >= 15 is 0 Å². The highest BCUT2D eigenvalue weighted by molar-refractivity contribution is 7.89. The molecule has 0 atom stereocenters. The third-order valence-corrected chi connectivity index (χ3v) is 8.62. The van der Waals surface area contributed by atoms with Gasteiger partial charge in [0.2, 0.25) is 15.9 Å². The molecule has 7 nitrogen and oxygen atoms in total. The second-order valence-corrected chi connectivity index (χ2v) is 11.0. The number of aryl methyl sites for hydroxylation is 1. The molecule has 0 aliphatic carbocycles. The third kappa shape index (κ3) is 5.91. The number of nitrogens with one attached hydrogen (secondary N) is 1. The molecular formula is C26H35N3O4S. The first-order chi connectivity index (χ1) is 16.5. The largest absolute Gasteiger partial charge is 0.496 e. The van der Waals surface area contributed by atoms with Crippen molar-refractivity contribution < 1.29 is 17.9 Å². The fourth-order valence-corrected chi connectivity index (χ4v) is 6.27. The molecule has 34 heavy (non-hydrogen) atoms. The van der Waals surface area contributed by atoms with Crippen LogP contribution in [0.25, 0.3) is 0 Å². The fraction of sp³-hybridized carbons (Fsp3) is 0.500. The van der Waals surface area contributed by atoms with Crippen LogP contribution in [0.5, 0.6) is 5.75 Å². The number of piperidine rings is 1.